The number of pyridine rings is 1. The second kappa shape index (κ2) is 9.61. The Hall–Kier alpha value is -3.30. The number of alkyl halides is 3. The largest absolute Gasteiger partial charge is 0.420 e. The van der Waals surface area contributed by atoms with Gasteiger partial charge in [-0.15, -0.1) is 11.3 Å². The number of hydrogen-bond acceptors (Lipinski definition) is 10. The molecule has 0 spiro atoms. The number of anilines is 3. The summed E-state index contributed by atoms with van der Waals surface area (Å²) in [7, 11) is -0.272. The number of amides is 1. The number of rotatable bonds is 5. The maximum atomic E-state index is 14.1. The molecule has 3 fully saturated rings. The Kier molecular flexibility index (Phi) is 6.30. The lowest BCUT2D eigenvalue weighted by atomic mass is 10.1. The van der Waals surface area contributed by atoms with Gasteiger partial charge in [0.05, 0.1) is 33.1 Å². The number of piperazine rings is 1. The molecule has 0 unspecified atom stereocenters. The van der Waals surface area contributed by atoms with E-state index in [9.17, 15) is 26.4 Å². The standard InChI is InChI=1S/C27H28F3N7O3S2/c1-35-5-6-42(39,40)21-9-20(41-24(21)25(35)38)23-18(27(28,29)30)10-32-26(34-23)33-19-11-31-22(8-17(19)14-3-4-14)37-13-15-7-16(37)12-36(15)2/h8-11,14-16H,3-7,12-13H2,1-2H3,(H,32,33,34)/t15-,16-/m1/s1. The van der Waals surface area contributed by atoms with Gasteiger partial charge in [0.1, 0.15) is 16.3 Å². The summed E-state index contributed by atoms with van der Waals surface area (Å²) >= 11 is 0.692. The zero-order valence-electron chi connectivity index (χ0n) is 22.8. The molecule has 0 aromatic carbocycles. The minimum Gasteiger partial charge on any atom is -0.351 e. The van der Waals surface area contributed by atoms with Crippen molar-refractivity contribution in [2.75, 3.05) is 49.7 Å². The summed E-state index contributed by atoms with van der Waals surface area (Å²) in [6.45, 7) is 1.90. The summed E-state index contributed by atoms with van der Waals surface area (Å²) in [5.74, 6) is 0.260. The molecular weight excluding hydrogens is 591 g/mol. The Morgan fingerprint density at radius 2 is 1.86 bits per heavy atom. The molecule has 1 aliphatic carbocycles. The van der Waals surface area contributed by atoms with Gasteiger partial charge in [-0.1, -0.05) is 0 Å². The fraction of sp³-hybridized carbons (Fsp3) is 0.481. The van der Waals surface area contributed by atoms with E-state index in [-0.39, 0.29) is 32.9 Å². The molecule has 2 bridgehead atoms. The van der Waals surface area contributed by atoms with Crippen molar-refractivity contribution in [3.8, 4) is 10.6 Å². The molecule has 2 atom stereocenters. The lowest BCUT2D eigenvalue weighted by Gasteiger charge is -2.33. The van der Waals surface area contributed by atoms with Crippen molar-refractivity contribution >= 4 is 44.5 Å². The number of carbonyl (C=O) groups is 1. The molecule has 6 heterocycles. The van der Waals surface area contributed by atoms with Crippen LogP contribution in [0.15, 0.2) is 29.4 Å². The second-order valence-corrected chi connectivity index (χ2v) is 14.6. The number of nitrogens with one attached hydrogen (secondary N) is 1. The van der Waals surface area contributed by atoms with Crippen molar-refractivity contribution in [2.24, 2.45) is 0 Å². The number of fused-ring (bicyclic) bond motifs is 3. The average Bonchev–Trinajstić information content (AvgIpc) is 3.40. The predicted molar refractivity (Wildman–Crippen MR) is 151 cm³/mol. The summed E-state index contributed by atoms with van der Waals surface area (Å²) in [6, 6.07) is 4.11. The first-order valence-electron chi connectivity index (χ1n) is 13.7. The van der Waals surface area contributed by atoms with Crippen LogP contribution in [0.25, 0.3) is 10.6 Å². The highest BCUT2D eigenvalue weighted by molar-refractivity contribution is 7.91. The van der Waals surface area contributed by atoms with Crippen LogP contribution >= 0.6 is 11.3 Å². The lowest BCUT2D eigenvalue weighted by Crippen LogP contribution is -2.44. The van der Waals surface area contributed by atoms with Gasteiger partial charge in [-0.3, -0.25) is 9.69 Å². The van der Waals surface area contributed by atoms with Gasteiger partial charge in [0.25, 0.3) is 5.91 Å². The highest BCUT2D eigenvalue weighted by atomic mass is 32.2. The summed E-state index contributed by atoms with van der Waals surface area (Å²) in [6.07, 6.45) is 0.685. The van der Waals surface area contributed by atoms with Crippen LogP contribution in [-0.2, 0) is 16.0 Å². The molecule has 42 heavy (non-hydrogen) atoms. The number of carbonyl (C=O) groups excluding carboxylic acids is 1. The van der Waals surface area contributed by atoms with Gasteiger partial charge in [-0.05, 0) is 49.9 Å². The number of likely N-dealkylation sites (N-methyl/N-ethyl adjacent to an activating group) is 1. The van der Waals surface area contributed by atoms with E-state index in [4.69, 9.17) is 4.98 Å². The highest BCUT2D eigenvalue weighted by Gasteiger charge is 2.43. The molecule has 7 rings (SSSR count). The quantitative estimate of drug-likeness (QED) is 0.453. The molecule has 4 aliphatic rings. The Bertz CT molecular complexity index is 1710. The SMILES string of the molecule is CN1CCS(=O)(=O)c2cc(-c3nc(Nc4cnc(N5C[C@H]6C[C@@H]5CN6C)cc4C4CC4)ncc3C(F)(F)F)sc2C1=O. The smallest absolute Gasteiger partial charge is 0.351 e. The third kappa shape index (κ3) is 4.71. The maximum Gasteiger partial charge on any atom is 0.420 e. The molecule has 3 aromatic rings. The topological polar surface area (TPSA) is 112 Å². The molecular formula is C27H28F3N7O3S2. The van der Waals surface area contributed by atoms with Gasteiger partial charge in [-0.25, -0.2) is 23.4 Å². The number of aromatic nitrogens is 3. The molecule has 1 saturated carbocycles. The van der Waals surface area contributed by atoms with E-state index in [1.165, 1.54) is 11.9 Å². The molecule has 3 aliphatic heterocycles. The van der Waals surface area contributed by atoms with Crippen LogP contribution < -0.4 is 10.2 Å². The number of halogens is 3. The number of nitrogens with zero attached hydrogens (tertiary/aromatic N) is 6. The number of thiophene rings is 1. The second-order valence-electron chi connectivity index (χ2n) is 11.5. The van der Waals surface area contributed by atoms with E-state index in [0.29, 0.717) is 41.2 Å². The maximum absolute atomic E-state index is 14.1. The third-order valence-electron chi connectivity index (χ3n) is 8.59. The molecule has 222 valence electrons. The predicted octanol–water partition coefficient (Wildman–Crippen LogP) is 3.99. The summed E-state index contributed by atoms with van der Waals surface area (Å²) in [5.41, 5.74) is 0.0320. The van der Waals surface area contributed by atoms with Gasteiger partial charge in [0.15, 0.2) is 9.84 Å². The van der Waals surface area contributed by atoms with Gasteiger partial charge in [-0.2, -0.15) is 13.2 Å². The van der Waals surface area contributed by atoms with Crippen LogP contribution in [-0.4, -0.2) is 90.6 Å². The van der Waals surface area contributed by atoms with Gasteiger partial charge in [0, 0.05) is 45.0 Å². The first-order chi connectivity index (χ1) is 19.9. The molecule has 15 heteroatoms. The molecule has 2 saturated heterocycles. The van der Waals surface area contributed by atoms with Crippen molar-refractivity contribution in [1.82, 2.24) is 24.8 Å². The van der Waals surface area contributed by atoms with E-state index >= 15 is 0 Å². The van der Waals surface area contributed by atoms with E-state index in [2.05, 4.69) is 38.2 Å². The van der Waals surface area contributed by atoms with Gasteiger partial charge < -0.3 is 15.1 Å². The van der Waals surface area contributed by atoms with E-state index in [0.717, 1.165) is 49.8 Å². The van der Waals surface area contributed by atoms with Crippen LogP contribution in [0.2, 0.25) is 0 Å². The van der Waals surface area contributed by atoms with Crippen LogP contribution in [0.4, 0.5) is 30.6 Å². The third-order valence-corrected chi connectivity index (χ3v) is 11.6. The lowest BCUT2D eigenvalue weighted by molar-refractivity contribution is -0.137. The fourth-order valence-corrected chi connectivity index (χ4v) is 9.10. The fourth-order valence-electron chi connectivity index (χ4n) is 6.07. The van der Waals surface area contributed by atoms with Crippen molar-refractivity contribution in [3.63, 3.8) is 0 Å². The molecule has 10 nitrogen and oxygen atoms in total. The average molecular weight is 620 g/mol. The Morgan fingerprint density at radius 1 is 1.07 bits per heavy atom. The number of likely N-dealkylation sites (tertiary alicyclic amines) is 1. The van der Waals surface area contributed by atoms with Crippen LogP contribution in [0.5, 0.6) is 0 Å². The Morgan fingerprint density at radius 3 is 2.52 bits per heavy atom. The van der Waals surface area contributed by atoms with Crippen molar-refractivity contribution < 1.29 is 26.4 Å². The first-order valence-corrected chi connectivity index (χ1v) is 16.2. The van der Waals surface area contributed by atoms with Crippen molar-refractivity contribution in [1.29, 1.82) is 0 Å². The summed E-state index contributed by atoms with van der Waals surface area (Å²) in [4.78, 5) is 31.2. The molecule has 1 N–H and O–H groups in total. The molecule has 1 amide bonds. The minimum atomic E-state index is -4.81. The summed E-state index contributed by atoms with van der Waals surface area (Å²) in [5, 5.41) is 3.08. The highest BCUT2D eigenvalue weighted by Crippen LogP contribution is 2.46. The minimum absolute atomic E-state index is 0.000521. The number of sulfone groups is 1. The van der Waals surface area contributed by atoms with Crippen LogP contribution in [0.3, 0.4) is 0 Å². The van der Waals surface area contributed by atoms with Crippen molar-refractivity contribution in [3.05, 3.63) is 40.5 Å². The Balaban J connectivity index is 1.25. The van der Waals surface area contributed by atoms with Crippen LogP contribution in [0, 0.1) is 0 Å². The molecule has 3 aromatic heterocycles. The van der Waals surface area contributed by atoms with Gasteiger partial charge in [0.2, 0.25) is 5.95 Å². The van der Waals surface area contributed by atoms with E-state index in [1.54, 1.807) is 6.20 Å². The summed E-state index contributed by atoms with van der Waals surface area (Å²) < 4.78 is 68.0. The monoisotopic (exact) mass is 619 g/mol. The van der Waals surface area contributed by atoms with Crippen molar-refractivity contribution in [2.45, 2.75) is 48.3 Å². The normalized spacial score (nSPS) is 23.8. The van der Waals surface area contributed by atoms with E-state index < -0.39 is 33.2 Å². The zero-order valence-corrected chi connectivity index (χ0v) is 24.5. The van der Waals surface area contributed by atoms with Crippen LogP contribution in [0.1, 0.15) is 46.0 Å². The zero-order chi connectivity index (χ0) is 29.6. The van der Waals surface area contributed by atoms with Gasteiger partial charge >= 0.3 is 6.18 Å². The Labute approximate surface area is 244 Å². The molecule has 0 radical (unpaired) electrons. The van der Waals surface area contributed by atoms with E-state index in [1.807, 2.05) is 0 Å². The number of hydrogen-bond donors (Lipinski definition) is 1. The first kappa shape index (κ1) is 27.5.